The van der Waals surface area contributed by atoms with Gasteiger partial charge < -0.3 is 9.30 Å². The van der Waals surface area contributed by atoms with E-state index >= 15 is 0 Å². The van der Waals surface area contributed by atoms with Crippen molar-refractivity contribution in [2.45, 2.75) is 20.5 Å². The fourth-order valence-corrected chi connectivity index (χ4v) is 2.12. The summed E-state index contributed by atoms with van der Waals surface area (Å²) in [6.45, 7) is 4.17. The van der Waals surface area contributed by atoms with Crippen molar-refractivity contribution < 1.29 is 9.53 Å². The first-order chi connectivity index (χ1) is 9.02. The van der Waals surface area contributed by atoms with Crippen LogP contribution in [0.3, 0.4) is 0 Å². The van der Waals surface area contributed by atoms with Crippen LogP contribution in [0.4, 0.5) is 0 Å². The van der Waals surface area contributed by atoms with Gasteiger partial charge in [0, 0.05) is 12.6 Å². The first-order valence-corrected chi connectivity index (χ1v) is 6.26. The van der Waals surface area contributed by atoms with Crippen LogP contribution >= 0.6 is 11.6 Å². The molecular weight excluding hydrogens is 264 g/mol. The molecule has 19 heavy (non-hydrogen) atoms. The normalized spacial score (nSPS) is 10.5. The van der Waals surface area contributed by atoms with Crippen molar-refractivity contribution in [3.8, 4) is 5.75 Å². The minimum atomic E-state index is 0.339. The molecule has 0 saturated heterocycles. The molecule has 0 aliphatic heterocycles. The summed E-state index contributed by atoms with van der Waals surface area (Å²) >= 11 is 5.92. The van der Waals surface area contributed by atoms with Crippen LogP contribution < -0.4 is 4.74 Å². The molecule has 0 fully saturated rings. The van der Waals surface area contributed by atoms with E-state index < -0.39 is 0 Å². The van der Waals surface area contributed by atoms with E-state index in [0.717, 1.165) is 29.0 Å². The lowest BCUT2D eigenvalue weighted by atomic mass is 10.1. The topological polar surface area (TPSA) is 44.1 Å². The smallest absolute Gasteiger partial charge is 0.150 e. The Morgan fingerprint density at radius 1 is 1.37 bits per heavy atom. The summed E-state index contributed by atoms with van der Waals surface area (Å²) in [4.78, 5) is 15.0. The molecule has 0 unspecified atom stereocenters. The molecule has 100 valence electrons. The largest absolute Gasteiger partial charge is 0.485 e. The van der Waals surface area contributed by atoms with Gasteiger partial charge in [-0.05, 0) is 37.1 Å². The van der Waals surface area contributed by atoms with Crippen molar-refractivity contribution in [3.63, 3.8) is 0 Å². The standard InChI is InChI=1S/C14H15ClN2O2/c1-9-4-11(7-18)5-10(2)14(9)19-8-13-16-6-12(15)17(13)3/h4-7H,8H2,1-3H3. The Labute approximate surface area is 117 Å². The average Bonchev–Trinajstić information content (AvgIpc) is 2.69. The Kier molecular flexibility index (Phi) is 3.90. The second-order valence-corrected chi connectivity index (χ2v) is 4.83. The zero-order chi connectivity index (χ0) is 14.0. The summed E-state index contributed by atoms with van der Waals surface area (Å²) in [5.74, 6) is 1.54. The van der Waals surface area contributed by atoms with E-state index in [1.807, 2.05) is 20.9 Å². The van der Waals surface area contributed by atoms with E-state index in [0.29, 0.717) is 17.3 Å². The SMILES string of the molecule is Cc1cc(C=O)cc(C)c1OCc1ncc(Cl)n1C. The average molecular weight is 279 g/mol. The Morgan fingerprint density at radius 2 is 2.00 bits per heavy atom. The van der Waals surface area contributed by atoms with E-state index in [-0.39, 0.29) is 0 Å². The molecule has 5 heteroatoms. The lowest BCUT2D eigenvalue weighted by Crippen LogP contribution is -2.05. The van der Waals surface area contributed by atoms with Gasteiger partial charge >= 0.3 is 0 Å². The summed E-state index contributed by atoms with van der Waals surface area (Å²) in [6, 6.07) is 3.61. The molecule has 0 radical (unpaired) electrons. The molecule has 0 amide bonds. The maximum atomic E-state index is 10.8. The van der Waals surface area contributed by atoms with Crippen molar-refractivity contribution in [1.29, 1.82) is 0 Å². The first-order valence-electron chi connectivity index (χ1n) is 5.88. The van der Waals surface area contributed by atoms with Crippen LogP contribution in [-0.2, 0) is 13.7 Å². The molecule has 0 aliphatic carbocycles. The Hall–Kier alpha value is -1.81. The highest BCUT2D eigenvalue weighted by Gasteiger charge is 2.09. The maximum absolute atomic E-state index is 10.8. The van der Waals surface area contributed by atoms with Crippen molar-refractivity contribution in [3.05, 3.63) is 46.0 Å². The molecule has 2 aromatic rings. The third-order valence-electron chi connectivity index (χ3n) is 2.99. The van der Waals surface area contributed by atoms with Gasteiger partial charge in [-0.2, -0.15) is 0 Å². The van der Waals surface area contributed by atoms with Crippen molar-refractivity contribution in [1.82, 2.24) is 9.55 Å². The van der Waals surface area contributed by atoms with Gasteiger partial charge in [-0.25, -0.2) is 4.98 Å². The number of aryl methyl sites for hydroxylation is 2. The molecule has 2 rings (SSSR count). The number of halogens is 1. The minimum absolute atomic E-state index is 0.339. The van der Waals surface area contributed by atoms with Crippen LogP contribution in [0.5, 0.6) is 5.75 Å². The van der Waals surface area contributed by atoms with Gasteiger partial charge in [0.25, 0.3) is 0 Å². The molecule has 1 heterocycles. The van der Waals surface area contributed by atoms with E-state index in [1.54, 1.807) is 22.9 Å². The number of imidazole rings is 1. The summed E-state index contributed by atoms with van der Waals surface area (Å²) in [5, 5.41) is 0.573. The number of aldehydes is 1. The van der Waals surface area contributed by atoms with Gasteiger partial charge in [0.1, 0.15) is 29.6 Å². The van der Waals surface area contributed by atoms with Crippen molar-refractivity contribution in [2.75, 3.05) is 0 Å². The number of aromatic nitrogens is 2. The third kappa shape index (κ3) is 2.79. The van der Waals surface area contributed by atoms with Gasteiger partial charge in [0.05, 0.1) is 6.20 Å². The van der Waals surface area contributed by atoms with Crippen LogP contribution in [0, 0.1) is 13.8 Å². The van der Waals surface area contributed by atoms with E-state index in [2.05, 4.69) is 4.98 Å². The quantitative estimate of drug-likeness (QED) is 0.807. The minimum Gasteiger partial charge on any atom is -0.485 e. The number of benzene rings is 1. The number of nitrogens with zero attached hydrogens (tertiary/aromatic N) is 2. The monoisotopic (exact) mass is 278 g/mol. The van der Waals surface area contributed by atoms with Gasteiger partial charge in [-0.1, -0.05) is 11.6 Å². The second kappa shape index (κ2) is 5.45. The molecular formula is C14H15ClN2O2. The molecule has 0 spiro atoms. The van der Waals surface area contributed by atoms with Crippen LogP contribution in [0.25, 0.3) is 0 Å². The summed E-state index contributed by atoms with van der Waals surface area (Å²) in [7, 11) is 1.84. The van der Waals surface area contributed by atoms with E-state index in [4.69, 9.17) is 16.3 Å². The summed E-state index contributed by atoms with van der Waals surface area (Å²) < 4.78 is 7.56. The first kappa shape index (κ1) is 13.6. The molecule has 0 aliphatic rings. The summed E-state index contributed by atoms with van der Waals surface area (Å²) in [5.41, 5.74) is 2.52. The molecule has 0 N–H and O–H groups in total. The molecule has 0 saturated carbocycles. The highest BCUT2D eigenvalue weighted by Crippen LogP contribution is 2.25. The van der Waals surface area contributed by atoms with Crippen LogP contribution in [0.15, 0.2) is 18.3 Å². The number of rotatable bonds is 4. The molecule has 0 atom stereocenters. The maximum Gasteiger partial charge on any atom is 0.150 e. The van der Waals surface area contributed by atoms with Gasteiger partial charge in [-0.3, -0.25) is 4.79 Å². The van der Waals surface area contributed by atoms with E-state index in [1.165, 1.54) is 0 Å². The zero-order valence-electron chi connectivity index (χ0n) is 11.1. The molecule has 1 aromatic carbocycles. The third-order valence-corrected chi connectivity index (χ3v) is 3.34. The van der Waals surface area contributed by atoms with Gasteiger partial charge in [0.2, 0.25) is 0 Å². The predicted octanol–water partition coefficient (Wildman–Crippen LogP) is 3.08. The van der Waals surface area contributed by atoms with Crippen LogP contribution in [-0.4, -0.2) is 15.8 Å². The highest BCUT2D eigenvalue weighted by atomic mass is 35.5. The molecule has 1 aromatic heterocycles. The van der Waals surface area contributed by atoms with Gasteiger partial charge in [0.15, 0.2) is 0 Å². The van der Waals surface area contributed by atoms with Crippen molar-refractivity contribution in [2.24, 2.45) is 7.05 Å². The summed E-state index contributed by atoms with van der Waals surface area (Å²) in [6.07, 6.45) is 2.43. The zero-order valence-corrected chi connectivity index (χ0v) is 11.9. The fraction of sp³-hybridized carbons (Fsp3) is 0.286. The number of carbonyl (C=O) groups is 1. The van der Waals surface area contributed by atoms with Crippen molar-refractivity contribution >= 4 is 17.9 Å². The highest BCUT2D eigenvalue weighted by molar-refractivity contribution is 6.29. The van der Waals surface area contributed by atoms with Crippen LogP contribution in [0.1, 0.15) is 27.3 Å². The van der Waals surface area contributed by atoms with Crippen LogP contribution in [0.2, 0.25) is 5.15 Å². The Morgan fingerprint density at radius 3 is 2.47 bits per heavy atom. The number of carbonyl (C=O) groups excluding carboxylic acids is 1. The van der Waals surface area contributed by atoms with Gasteiger partial charge in [-0.15, -0.1) is 0 Å². The lowest BCUT2D eigenvalue weighted by molar-refractivity contribution is 0.112. The molecule has 4 nitrogen and oxygen atoms in total. The number of hydrogen-bond donors (Lipinski definition) is 0. The number of hydrogen-bond acceptors (Lipinski definition) is 3. The molecule has 0 bridgehead atoms. The fourth-order valence-electron chi connectivity index (χ4n) is 1.97. The number of ether oxygens (including phenoxy) is 1. The lowest BCUT2D eigenvalue weighted by Gasteiger charge is -2.12. The Balaban J connectivity index is 2.20. The van der Waals surface area contributed by atoms with E-state index in [9.17, 15) is 4.79 Å². The predicted molar refractivity (Wildman–Crippen MR) is 73.9 cm³/mol. The Bertz CT molecular complexity index is 597. The second-order valence-electron chi connectivity index (χ2n) is 4.45.